The molecular formula is C10H16N4O3S. The van der Waals surface area contributed by atoms with E-state index < -0.39 is 17.6 Å². The molecule has 0 aliphatic rings. The van der Waals surface area contributed by atoms with Crippen LogP contribution >= 0.6 is 12.2 Å². The molecule has 0 amide bonds. The molecule has 1 aromatic heterocycles. The minimum absolute atomic E-state index is 0.00328. The largest absolute Gasteiger partial charge is 0.464 e. The van der Waals surface area contributed by atoms with E-state index in [2.05, 4.69) is 20.5 Å². The lowest BCUT2D eigenvalue weighted by atomic mass is 10.3. The molecule has 0 aliphatic heterocycles. The summed E-state index contributed by atoms with van der Waals surface area (Å²) in [7, 11) is 0. The van der Waals surface area contributed by atoms with Crippen LogP contribution in [0.2, 0.25) is 0 Å². The molecule has 0 fully saturated rings. The smallest absolute Gasteiger partial charge is 0.328 e. The Morgan fingerprint density at radius 1 is 1.61 bits per heavy atom. The fraction of sp³-hybridized carbons (Fsp3) is 0.600. The minimum atomic E-state index is -0.653. The molecular weight excluding hydrogens is 256 g/mol. The summed E-state index contributed by atoms with van der Waals surface area (Å²) in [6.45, 7) is 3.98. The second kappa shape index (κ2) is 6.90. The first-order chi connectivity index (χ1) is 8.54. The zero-order chi connectivity index (χ0) is 13.5. The average molecular weight is 272 g/mol. The number of hydrogen-bond donors (Lipinski definition) is 3. The highest BCUT2D eigenvalue weighted by atomic mass is 32.1. The summed E-state index contributed by atoms with van der Waals surface area (Å²) in [5, 5.41) is 8.79. The topological polar surface area (TPSA) is 99.9 Å². The monoisotopic (exact) mass is 272 g/mol. The van der Waals surface area contributed by atoms with Crippen molar-refractivity contribution in [3.63, 3.8) is 0 Å². The van der Waals surface area contributed by atoms with Crippen molar-refractivity contribution in [3.8, 4) is 0 Å². The predicted octanol–water partition coefficient (Wildman–Crippen LogP) is 0.971. The molecule has 1 heterocycles. The van der Waals surface area contributed by atoms with Crippen molar-refractivity contribution in [1.29, 1.82) is 0 Å². The molecule has 0 spiro atoms. The Kier molecular flexibility index (Phi) is 5.50. The van der Waals surface area contributed by atoms with Crippen LogP contribution in [0.1, 0.15) is 26.7 Å². The quantitative estimate of drug-likeness (QED) is 0.405. The zero-order valence-electron chi connectivity index (χ0n) is 10.3. The van der Waals surface area contributed by atoms with Gasteiger partial charge in [0.05, 0.1) is 6.61 Å². The number of aromatic amines is 2. The number of carbonyl (C=O) groups is 1. The first kappa shape index (κ1) is 14.4. The van der Waals surface area contributed by atoms with Gasteiger partial charge < -0.3 is 10.1 Å². The van der Waals surface area contributed by atoms with E-state index >= 15 is 0 Å². The molecule has 0 saturated heterocycles. The Morgan fingerprint density at radius 2 is 2.33 bits per heavy atom. The van der Waals surface area contributed by atoms with E-state index in [9.17, 15) is 9.59 Å². The van der Waals surface area contributed by atoms with Crippen molar-refractivity contribution >= 4 is 24.0 Å². The van der Waals surface area contributed by atoms with Crippen molar-refractivity contribution in [3.05, 3.63) is 15.1 Å². The standard InChI is InChI=1S/C10H16N4O3S/c1-3-4-5-17-9(16)6(2)11-7-8(15)12-10(18)14-13-7/h6H,3-5H2,1-2H3,(H,11,13)(H2,12,14,15,18)/t6-/m1/s1. The summed E-state index contributed by atoms with van der Waals surface area (Å²) in [4.78, 5) is 25.3. The van der Waals surface area contributed by atoms with Crippen molar-refractivity contribution in [2.45, 2.75) is 32.7 Å². The summed E-state index contributed by atoms with van der Waals surface area (Å²) in [6.07, 6.45) is 1.77. The summed E-state index contributed by atoms with van der Waals surface area (Å²) in [6, 6.07) is -0.653. The van der Waals surface area contributed by atoms with E-state index in [1.807, 2.05) is 6.92 Å². The normalized spacial score (nSPS) is 11.9. The second-order valence-electron chi connectivity index (χ2n) is 3.74. The van der Waals surface area contributed by atoms with E-state index in [0.29, 0.717) is 6.61 Å². The molecule has 0 unspecified atom stereocenters. The van der Waals surface area contributed by atoms with Gasteiger partial charge in [0.25, 0.3) is 5.56 Å². The summed E-state index contributed by atoms with van der Waals surface area (Å²) < 4.78 is 5.14. The number of nitrogens with one attached hydrogen (secondary N) is 3. The highest BCUT2D eigenvalue weighted by molar-refractivity contribution is 7.71. The number of esters is 1. The summed E-state index contributed by atoms with van der Waals surface area (Å²) in [5.41, 5.74) is -0.480. The SMILES string of the molecule is CCCCOC(=O)[C@@H](C)Nc1n[nH]c(=S)[nH]c1=O. The molecule has 18 heavy (non-hydrogen) atoms. The molecule has 100 valence electrons. The van der Waals surface area contributed by atoms with E-state index in [4.69, 9.17) is 17.0 Å². The van der Waals surface area contributed by atoms with Gasteiger partial charge in [0.15, 0.2) is 4.77 Å². The van der Waals surface area contributed by atoms with Crippen LogP contribution < -0.4 is 10.9 Å². The first-order valence-corrected chi connectivity index (χ1v) is 6.07. The van der Waals surface area contributed by atoms with Crippen LogP contribution in [0, 0.1) is 4.77 Å². The fourth-order valence-corrected chi connectivity index (χ4v) is 1.29. The maximum atomic E-state index is 11.5. The summed E-state index contributed by atoms with van der Waals surface area (Å²) >= 11 is 4.70. The molecule has 1 rings (SSSR count). The van der Waals surface area contributed by atoms with Gasteiger partial charge in [0.2, 0.25) is 5.82 Å². The lowest BCUT2D eigenvalue weighted by Gasteiger charge is -2.12. The van der Waals surface area contributed by atoms with Gasteiger partial charge in [-0.1, -0.05) is 13.3 Å². The number of aromatic nitrogens is 3. The number of rotatable bonds is 6. The Morgan fingerprint density at radius 3 is 2.94 bits per heavy atom. The van der Waals surface area contributed by atoms with E-state index in [1.165, 1.54) is 0 Å². The Hall–Kier alpha value is -1.70. The molecule has 3 N–H and O–H groups in total. The van der Waals surface area contributed by atoms with Gasteiger partial charge >= 0.3 is 5.97 Å². The number of hydrogen-bond acceptors (Lipinski definition) is 6. The Labute approximate surface area is 109 Å². The van der Waals surface area contributed by atoms with Gasteiger partial charge in [-0.25, -0.2) is 4.79 Å². The van der Waals surface area contributed by atoms with Crippen LogP contribution in [-0.4, -0.2) is 33.8 Å². The van der Waals surface area contributed by atoms with Crippen molar-refractivity contribution in [1.82, 2.24) is 15.2 Å². The highest BCUT2D eigenvalue weighted by Crippen LogP contribution is 1.98. The maximum Gasteiger partial charge on any atom is 0.328 e. The van der Waals surface area contributed by atoms with Crippen LogP contribution in [0.25, 0.3) is 0 Å². The van der Waals surface area contributed by atoms with Crippen LogP contribution in [0.3, 0.4) is 0 Å². The van der Waals surface area contributed by atoms with Gasteiger partial charge in [0, 0.05) is 0 Å². The second-order valence-corrected chi connectivity index (χ2v) is 4.15. The number of H-pyrrole nitrogens is 2. The van der Waals surface area contributed by atoms with Gasteiger partial charge in [-0.3, -0.25) is 14.9 Å². The van der Waals surface area contributed by atoms with Crippen molar-refractivity contribution < 1.29 is 9.53 Å². The number of anilines is 1. The van der Waals surface area contributed by atoms with Gasteiger partial charge in [0.1, 0.15) is 6.04 Å². The van der Waals surface area contributed by atoms with Crippen LogP contribution in [-0.2, 0) is 9.53 Å². The third-order valence-corrected chi connectivity index (χ3v) is 2.35. The van der Waals surface area contributed by atoms with Crippen LogP contribution in [0.5, 0.6) is 0 Å². The highest BCUT2D eigenvalue weighted by Gasteiger charge is 2.16. The van der Waals surface area contributed by atoms with Gasteiger partial charge in [-0.15, -0.1) is 5.10 Å². The van der Waals surface area contributed by atoms with Crippen molar-refractivity contribution in [2.24, 2.45) is 0 Å². The van der Waals surface area contributed by atoms with Gasteiger partial charge in [-0.2, -0.15) is 0 Å². The molecule has 0 aliphatic carbocycles. The molecule has 0 aromatic carbocycles. The summed E-state index contributed by atoms with van der Waals surface area (Å²) in [5.74, 6) is -0.421. The van der Waals surface area contributed by atoms with E-state index in [0.717, 1.165) is 12.8 Å². The van der Waals surface area contributed by atoms with Gasteiger partial charge in [-0.05, 0) is 25.6 Å². The Balaban J connectivity index is 2.58. The molecule has 8 heteroatoms. The van der Waals surface area contributed by atoms with E-state index in [1.54, 1.807) is 6.92 Å². The number of ether oxygens (including phenoxy) is 1. The number of carbonyl (C=O) groups excluding carboxylic acids is 1. The zero-order valence-corrected chi connectivity index (χ0v) is 11.1. The number of unbranched alkanes of at least 4 members (excludes halogenated alkanes) is 1. The molecule has 0 bridgehead atoms. The molecule has 0 saturated carbocycles. The van der Waals surface area contributed by atoms with E-state index in [-0.39, 0.29) is 10.6 Å². The minimum Gasteiger partial charge on any atom is -0.464 e. The van der Waals surface area contributed by atoms with Crippen LogP contribution in [0.15, 0.2) is 4.79 Å². The lowest BCUT2D eigenvalue weighted by Crippen LogP contribution is -2.32. The predicted molar refractivity (Wildman–Crippen MR) is 69.0 cm³/mol. The third-order valence-electron chi connectivity index (χ3n) is 2.16. The molecule has 0 radical (unpaired) electrons. The number of nitrogens with zero attached hydrogens (tertiary/aromatic N) is 1. The first-order valence-electron chi connectivity index (χ1n) is 5.66. The third kappa shape index (κ3) is 4.28. The Bertz CT molecular complexity index is 510. The molecule has 1 atom stereocenters. The van der Waals surface area contributed by atoms with Crippen molar-refractivity contribution in [2.75, 3.05) is 11.9 Å². The maximum absolute atomic E-state index is 11.5. The average Bonchev–Trinajstić information content (AvgIpc) is 2.32. The lowest BCUT2D eigenvalue weighted by molar-refractivity contribution is -0.144. The molecule has 7 nitrogen and oxygen atoms in total. The molecule has 1 aromatic rings. The fourth-order valence-electron chi connectivity index (χ4n) is 1.15. The van der Waals surface area contributed by atoms with Crippen LogP contribution in [0.4, 0.5) is 5.82 Å².